The van der Waals surface area contributed by atoms with Gasteiger partial charge in [-0.25, -0.2) is 0 Å². The first kappa shape index (κ1) is 9.96. The molecule has 2 rings (SSSR count). The van der Waals surface area contributed by atoms with Crippen molar-refractivity contribution in [3.63, 3.8) is 0 Å². The van der Waals surface area contributed by atoms with E-state index in [0.29, 0.717) is 6.54 Å². The first-order valence-electron chi connectivity index (χ1n) is 4.82. The van der Waals surface area contributed by atoms with E-state index < -0.39 is 5.60 Å². The van der Waals surface area contributed by atoms with Crippen LogP contribution in [0.5, 0.6) is 5.06 Å². The van der Waals surface area contributed by atoms with Gasteiger partial charge < -0.3 is 15.2 Å². The Kier molecular flexibility index (Phi) is 2.76. The third kappa shape index (κ3) is 1.78. The molecule has 1 aromatic rings. The molecule has 78 valence electrons. The van der Waals surface area contributed by atoms with E-state index in [2.05, 4.69) is 5.32 Å². The molecule has 1 atom stereocenters. The summed E-state index contributed by atoms with van der Waals surface area (Å²) in [6.45, 7) is 1.65. The maximum atomic E-state index is 10.3. The molecule has 14 heavy (non-hydrogen) atoms. The average molecular weight is 213 g/mol. The molecule has 1 aliphatic rings. The number of hydrogen-bond acceptors (Lipinski definition) is 4. The zero-order valence-corrected chi connectivity index (χ0v) is 9.06. The minimum atomic E-state index is -0.681. The van der Waals surface area contributed by atoms with Crippen molar-refractivity contribution in [2.24, 2.45) is 0 Å². The van der Waals surface area contributed by atoms with Gasteiger partial charge in [0.05, 0.1) is 7.11 Å². The smallest absolute Gasteiger partial charge is 0.173 e. The lowest BCUT2D eigenvalue weighted by atomic mass is 9.93. The summed E-state index contributed by atoms with van der Waals surface area (Å²) in [6, 6.07) is 3.86. The van der Waals surface area contributed by atoms with Crippen molar-refractivity contribution in [3.05, 3.63) is 17.0 Å². The van der Waals surface area contributed by atoms with E-state index in [1.807, 2.05) is 12.1 Å². The van der Waals surface area contributed by atoms with Crippen LogP contribution in [0, 0.1) is 0 Å². The number of nitrogens with one attached hydrogen (secondary N) is 1. The third-order valence-electron chi connectivity index (χ3n) is 2.60. The van der Waals surface area contributed by atoms with Crippen molar-refractivity contribution in [3.8, 4) is 5.06 Å². The van der Waals surface area contributed by atoms with Gasteiger partial charge in [0, 0.05) is 11.4 Å². The molecule has 2 heterocycles. The lowest BCUT2D eigenvalue weighted by Crippen LogP contribution is -2.42. The van der Waals surface area contributed by atoms with Crippen molar-refractivity contribution >= 4 is 11.3 Å². The van der Waals surface area contributed by atoms with Crippen LogP contribution in [0.1, 0.15) is 17.7 Å². The fourth-order valence-electron chi connectivity index (χ4n) is 1.78. The Morgan fingerprint density at radius 3 is 3.00 bits per heavy atom. The van der Waals surface area contributed by atoms with E-state index in [0.717, 1.165) is 29.3 Å². The number of piperidine rings is 1. The van der Waals surface area contributed by atoms with Gasteiger partial charge in [0.1, 0.15) is 5.60 Å². The fraction of sp³-hybridized carbons (Fsp3) is 0.600. The highest BCUT2D eigenvalue weighted by Crippen LogP contribution is 2.36. The molecule has 0 radical (unpaired) electrons. The Morgan fingerprint density at radius 1 is 1.57 bits per heavy atom. The van der Waals surface area contributed by atoms with Gasteiger partial charge in [-0.1, -0.05) is 0 Å². The van der Waals surface area contributed by atoms with Crippen molar-refractivity contribution in [1.82, 2.24) is 5.32 Å². The monoisotopic (exact) mass is 213 g/mol. The summed E-state index contributed by atoms with van der Waals surface area (Å²) in [5.74, 6) is 0. The molecule has 1 unspecified atom stereocenters. The van der Waals surface area contributed by atoms with Gasteiger partial charge in [0.15, 0.2) is 5.06 Å². The second-order valence-electron chi connectivity index (χ2n) is 3.63. The Bertz CT molecular complexity index is 305. The Morgan fingerprint density at radius 2 is 2.43 bits per heavy atom. The van der Waals surface area contributed by atoms with E-state index in [1.165, 1.54) is 11.3 Å². The molecule has 1 saturated heterocycles. The molecule has 0 aromatic carbocycles. The molecule has 1 fully saturated rings. The minimum Gasteiger partial charge on any atom is -0.487 e. The maximum Gasteiger partial charge on any atom is 0.173 e. The maximum absolute atomic E-state index is 10.3. The number of methoxy groups -OCH3 is 1. The molecule has 0 amide bonds. The van der Waals surface area contributed by atoms with Crippen molar-refractivity contribution in [1.29, 1.82) is 0 Å². The topological polar surface area (TPSA) is 41.5 Å². The van der Waals surface area contributed by atoms with Gasteiger partial charge in [-0.3, -0.25) is 0 Å². The first-order chi connectivity index (χ1) is 6.74. The largest absolute Gasteiger partial charge is 0.487 e. The summed E-state index contributed by atoms with van der Waals surface area (Å²) in [5, 5.41) is 14.4. The summed E-state index contributed by atoms with van der Waals surface area (Å²) in [6.07, 6.45) is 1.86. The number of aliphatic hydroxyl groups is 1. The highest BCUT2D eigenvalue weighted by Gasteiger charge is 2.32. The number of rotatable bonds is 2. The molecule has 0 aliphatic carbocycles. The van der Waals surface area contributed by atoms with Crippen LogP contribution in [0.3, 0.4) is 0 Å². The van der Waals surface area contributed by atoms with Crippen LogP contribution in [0.4, 0.5) is 0 Å². The second-order valence-corrected chi connectivity index (χ2v) is 4.68. The molecule has 0 saturated carbocycles. The zero-order valence-electron chi connectivity index (χ0n) is 8.25. The van der Waals surface area contributed by atoms with Crippen LogP contribution >= 0.6 is 11.3 Å². The van der Waals surface area contributed by atoms with E-state index in [9.17, 15) is 5.11 Å². The lowest BCUT2D eigenvalue weighted by Gasteiger charge is -2.31. The summed E-state index contributed by atoms with van der Waals surface area (Å²) in [4.78, 5) is 1.00. The van der Waals surface area contributed by atoms with Crippen molar-refractivity contribution < 1.29 is 9.84 Å². The van der Waals surface area contributed by atoms with Gasteiger partial charge in [-0.2, -0.15) is 0 Å². The summed E-state index contributed by atoms with van der Waals surface area (Å²) >= 11 is 1.53. The van der Waals surface area contributed by atoms with Gasteiger partial charge in [-0.15, -0.1) is 11.3 Å². The molecule has 4 heteroatoms. The Labute approximate surface area is 87.7 Å². The van der Waals surface area contributed by atoms with Crippen molar-refractivity contribution in [2.75, 3.05) is 20.2 Å². The number of ether oxygens (including phenoxy) is 1. The van der Waals surface area contributed by atoms with Crippen LogP contribution in [0.2, 0.25) is 0 Å². The van der Waals surface area contributed by atoms with E-state index in [1.54, 1.807) is 7.11 Å². The third-order valence-corrected chi connectivity index (χ3v) is 3.84. The molecule has 0 spiro atoms. The molecule has 2 N–H and O–H groups in total. The summed E-state index contributed by atoms with van der Waals surface area (Å²) in [7, 11) is 1.65. The van der Waals surface area contributed by atoms with Crippen LogP contribution in [0.25, 0.3) is 0 Å². The van der Waals surface area contributed by atoms with Gasteiger partial charge in [-0.05, 0) is 31.5 Å². The second kappa shape index (κ2) is 3.88. The highest BCUT2D eigenvalue weighted by molar-refractivity contribution is 7.14. The van der Waals surface area contributed by atoms with E-state index in [-0.39, 0.29) is 0 Å². The summed E-state index contributed by atoms with van der Waals surface area (Å²) < 4.78 is 5.12. The Hall–Kier alpha value is -0.580. The average Bonchev–Trinajstić information content (AvgIpc) is 2.67. The first-order valence-corrected chi connectivity index (χ1v) is 5.64. The molecule has 0 bridgehead atoms. The lowest BCUT2D eigenvalue weighted by molar-refractivity contribution is 0.0158. The van der Waals surface area contributed by atoms with Crippen LogP contribution in [0.15, 0.2) is 12.1 Å². The number of hydrogen-bond donors (Lipinski definition) is 2. The Balaban J connectivity index is 2.19. The van der Waals surface area contributed by atoms with Crippen LogP contribution in [-0.4, -0.2) is 25.3 Å². The quantitative estimate of drug-likeness (QED) is 0.778. The van der Waals surface area contributed by atoms with Gasteiger partial charge in [0.25, 0.3) is 0 Å². The minimum absolute atomic E-state index is 0.649. The van der Waals surface area contributed by atoms with Crippen LogP contribution < -0.4 is 10.1 Å². The molecular formula is C10H15NO2S. The van der Waals surface area contributed by atoms with Crippen molar-refractivity contribution in [2.45, 2.75) is 18.4 Å². The van der Waals surface area contributed by atoms with E-state index in [4.69, 9.17) is 4.74 Å². The summed E-state index contributed by atoms with van der Waals surface area (Å²) in [5.41, 5.74) is -0.681. The molecular weight excluding hydrogens is 198 g/mol. The number of thiophene rings is 1. The molecule has 3 nitrogen and oxygen atoms in total. The predicted molar refractivity (Wildman–Crippen MR) is 56.9 cm³/mol. The zero-order chi connectivity index (χ0) is 10.0. The standard InChI is InChI=1S/C10H15NO2S/c1-13-9-4-3-8(14-9)10(12)5-2-6-11-7-10/h3-4,11-12H,2,5-7H2,1H3. The molecule has 1 aliphatic heterocycles. The van der Waals surface area contributed by atoms with Crippen LogP contribution in [-0.2, 0) is 5.60 Å². The van der Waals surface area contributed by atoms with Gasteiger partial charge in [0.2, 0.25) is 0 Å². The normalized spacial score (nSPS) is 27.6. The fourth-order valence-corrected chi connectivity index (χ4v) is 2.72. The van der Waals surface area contributed by atoms with E-state index >= 15 is 0 Å². The highest BCUT2D eigenvalue weighted by atomic mass is 32.1. The molecule has 1 aromatic heterocycles. The van der Waals surface area contributed by atoms with Gasteiger partial charge >= 0.3 is 0 Å². The predicted octanol–water partition coefficient (Wildman–Crippen LogP) is 1.33. The SMILES string of the molecule is COc1ccc(C2(O)CCCNC2)s1. The number of β-amino-alcohol motifs (C(OH)–C–C–N with tert-alkyl or cyclic N) is 1.